The van der Waals surface area contributed by atoms with E-state index in [4.69, 9.17) is 4.74 Å². The van der Waals surface area contributed by atoms with E-state index in [-0.39, 0.29) is 5.92 Å². The summed E-state index contributed by atoms with van der Waals surface area (Å²) >= 11 is 0. The molecule has 3 rings (SSSR count). The molecule has 80 valence electrons. The molecule has 1 unspecified atom stereocenters. The number of piperidine rings is 3. The van der Waals surface area contributed by atoms with Crippen LogP contribution in [0.25, 0.3) is 0 Å². The number of esters is 1. The molecule has 0 saturated carbocycles. The van der Waals surface area contributed by atoms with Gasteiger partial charge < -0.3 is 9.84 Å². The number of carbonyl (C=O) groups is 1. The van der Waals surface area contributed by atoms with Gasteiger partial charge in [0.25, 0.3) is 0 Å². The van der Waals surface area contributed by atoms with Crippen molar-refractivity contribution in [1.82, 2.24) is 4.90 Å². The maximum atomic E-state index is 11.6. The van der Waals surface area contributed by atoms with Crippen LogP contribution in [0.4, 0.5) is 0 Å². The van der Waals surface area contributed by atoms with E-state index in [2.05, 4.69) is 4.90 Å². The monoisotopic (exact) mass is 199 g/mol. The fourth-order valence-corrected chi connectivity index (χ4v) is 2.53. The number of carbonyl (C=O) groups excluding carboxylic acids is 1. The zero-order valence-corrected chi connectivity index (χ0v) is 8.53. The summed E-state index contributed by atoms with van der Waals surface area (Å²) in [6.45, 7) is 4.58. The molecule has 3 fully saturated rings. The molecule has 0 aromatic carbocycles. The van der Waals surface area contributed by atoms with Crippen LogP contribution in [0, 0.1) is 5.92 Å². The molecule has 0 aromatic heterocycles. The predicted octanol–water partition coefficient (Wildman–Crippen LogP) is 0.00620. The van der Waals surface area contributed by atoms with Crippen LogP contribution >= 0.6 is 0 Å². The number of nitrogens with zero attached hydrogens (tertiary/aromatic N) is 1. The van der Waals surface area contributed by atoms with Gasteiger partial charge in [0.2, 0.25) is 0 Å². The molecule has 3 saturated heterocycles. The molecule has 0 aromatic rings. The summed E-state index contributed by atoms with van der Waals surface area (Å²) in [6.07, 6.45) is 1.82. The Morgan fingerprint density at radius 2 is 2.21 bits per heavy atom. The number of rotatable bonds is 2. The third-order valence-corrected chi connectivity index (χ3v) is 3.36. The van der Waals surface area contributed by atoms with Gasteiger partial charge in [0.15, 0.2) is 5.60 Å². The van der Waals surface area contributed by atoms with E-state index in [1.54, 1.807) is 6.92 Å². The Morgan fingerprint density at radius 1 is 1.57 bits per heavy atom. The molecule has 0 radical (unpaired) electrons. The summed E-state index contributed by atoms with van der Waals surface area (Å²) in [5, 5.41) is 10.2. The van der Waals surface area contributed by atoms with Gasteiger partial charge >= 0.3 is 5.97 Å². The number of hydrogen-bond acceptors (Lipinski definition) is 4. The predicted molar refractivity (Wildman–Crippen MR) is 50.7 cm³/mol. The Hall–Kier alpha value is -0.610. The van der Waals surface area contributed by atoms with Crippen molar-refractivity contribution in [3.63, 3.8) is 0 Å². The number of aliphatic hydroxyl groups is 1. The van der Waals surface area contributed by atoms with Crippen molar-refractivity contribution in [2.24, 2.45) is 5.92 Å². The zero-order chi connectivity index (χ0) is 10.2. The molecule has 2 bridgehead atoms. The van der Waals surface area contributed by atoms with Crippen LogP contribution in [-0.2, 0) is 9.53 Å². The van der Waals surface area contributed by atoms with Crippen molar-refractivity contribution >= 4 is 5.97 Å². The lowest BCUT2D eigenvalue weighted by Gasteiger charge is -2.48. The summed E-state index contributed by atoms with van der Waals surface area (Å²) < 4.78 is 4.92. The first-order chi connectivity index (χ1) is 6.66. The van der Waals surface area contributed by atoms with E-state index in [1.165, 1.54) is 0 Å². The van der Waals surface area contributed by atoms with E-state index in [0.717, 1.165) is 25.9 Å². The molecule has 1 atom stereocenters. The van der Waals surface area contributed by atoms with Crippen molar-refractivity contribution in [2.75, 3.05) is 26.2 Å². The van der Waals surface area contributed by atoms with Gasteiger partial charge in [-0.1, -0.05) is 0 Å². The van der Waals surface area contributed by atoms with Gasteiger partial charge in [-0.2, -0.15) is 0 Å². The second kappa shape index (κ2) is 3.51. The van der Waals surface area contributed by atoms with Crippen molar-refractivity contribution in [1.29, 1.82) is 0 Å². The van der Waals surface area contributed by atoms with Crippen LogP contribution in [0.3, 0.4) is 0 Å². The average Bonchev–Trinajstić information content (AvgIpc) is 2.19. The summed E-state index contributed by atoms with van der Waals surface area (Å²) in [7, 11) is 0. The fourth-order valence-electron chi connectivity index (χ4n) is 2.53. The molecule has 4 nitrogen and oxygen atoms in total. The first kappa shape index (κ1) is 9.93. The SMILES string of the molecule is CCOC(=O)C1(O)CN2CCC1CC2. The van der Waals surface area contributed by atoms with Crippen molar-refractivity contribution in [2.45, 2.75) is 25.4 Å². The summed E-state index contributed by atoms with van der Waals surface area (Å²) in [4.78, 5) is 13.7. The molecule has 3 aliphatic rings. The number of fused-ring (bicyclic) bond motifs is 3. The standard InChI is InChI=1S/C10H17NO3/c1-2-14-9(12)10(13)7-11-5-3-8(10)4-6-11/h8,13H,2-7H2,1H3. The smallest absolute Gasteiger partial charge is 0.339 e. The number of ether oxygens (including phenoxy) is 1. The first-order valence-corrected chi connectivity index (χ1v) is 5.29. The topological polar surface area (TPSA) is 49.8 Å². The van der Waals surface area contributed by atoms with Crippen LogP contribution in [0.5, 0.6) is 0 Å². The minimum atomic E-state index is -1.23. The van der Waals surface area contributed by atoms with Crippen LogP contribution in [0.1, 0.15) is 19.8 Å². The maximum absolute atomic E-state index is 11.6. The van der Waals surface area contributed by atoms with E-state index in [1.807, 2.05) is 0 Å². The van der Waals surface area contributed by atoms with Gasteiger partial charge in [-0.3, -0.25) is 4.90 Å². The lowest BCUT2D eigenvalue weighted by molar-refractivity contribution is -0.186. The fraction of sp³-hybridized carbons (Fsp3) is 0.900. The molecule has 3 heterocycles. The molecule has 0 spiro atoms. The van der Waals surface area contributed by atoms with Gasteiger partial charge in [-0.25, -0.2) is 4.79 Å². The highest BCUT2D eigenvalue weighted by Crippen LogP contribution is 2.36. The molecule has 0 aliphatic carbocycles. The van der Waals surface area contributed by atoms with Gasteiger partial charge in [0.1, 0.15) is 0 Å². The van der Waals surface area contributed by atoms with Gasteiger partial charge in [0.05, 0.1) is 6.61 Å². The lowest BCUT2D eigenvalue weighted by atomic mass is 9.75. The van der Waals surface area contributed by atoms with Crippen LogP contribution in [0.2, 0.25) is 0 Å². The highest BCUT2D eigenvalue weighted by molar-refractivity contribution is 5.80. The van der Waals surface area contributed by atoms with E-state index >= 15 is 0 Å². The van der Waals surface area contributed by atoms with Crippen molar-refractivity contribution in [3.8, 4) is 0 Å². The highest BCUT2D eigenvalue weighted by atomic mass is 16.5. The zero-order valence-electron chi connectivity index (χ0n) is 8.53. The summed E-state index contributed by atoms with van der Waals surface area (Å²) in [5.74, 6) is -0.332. The normalized spacial score (nSPS) is 41.0. The Bertz CT molecular complexity index is 236. The van der Waals surface area contributed by atoms with Crippen LogP contribution in [-0.4, -0.2) is 47.8 Å². The molecule has 4 heteroatoms. The summed E-state index contributed by atoms with van der Waals surface area (Å²) in [6, 6.07) is 0. The van der Waals surface area contributed by atoms with E-state index in [9.17, 15) is 9.90 Å². The van der Waals surface area contributed by atoms with Gasteiger partial charge in [-0.05, 0) is 32.9 Å². The molecule has 14 heavy (non-hydrogen) atoms. The van der Waals surface area contributed by atoms with Gasteiger partial charge in [0, 0.05) is 12.5 Å². The van der Waals surface area contributed by atoms with Crippen LogP contribution < -0.4 is 0 Å². The largest absolute Gasteiger partial charge is 0.464 e. The van der Waals surface area contributed by atoms with E-state index < -0.39 is 11.6 Å². The third kappa shape index (κ3) is 1.42. The summed E-state index contributed by atoms with van der Waals surface area (Å²) in [5.41, 5.74) is -1.23. The quantitative estimate of drug-likeness (QED) is 0.636. The second-order valence-corrected chi connectivity index (χ2v) is 4.20. The highest BCUT2D eigenvalue weighted by Gasteiger charge is 2.51. The van der Waals surface area contributed by atoms with Crippen LogP contribution in [0.15, 0.2) is 0 Å². The first-order valence-electron chi connectivity index (χ1n) is 5.29. The van der Waals surface area contributed by atoms with Gasteiger partial charge in [-0.15, -0.1) is 0 Å². The minimum absolute atomic E-state index is 0.103. The average molecular weight is 199 g/mol. The third-order valence-electron chi connectivity index (χ3n) is 3.36. The van der Waals surface area contributed by atoms with Crippen molar-refractivity contribution in [3.05, 3.63) is 0 Å². The molecule has 0 amide bonds. The number of hydrogen-bond donors (Lipinski definition) is 1. The molecule has 3 aliphatic heterocycles. The Balaban J connectivity index is 2.11. The second-order valence-electron chi connectivity index (χ2n) is 4.20. The van der Waals surface area contributed by atoms with Crippen molar-refractivity contribution < 1.29 is 14.6 Å². The molecular formula is C10H17NO3. The van der Waals surface area contributed by atoms with E-state index in [0.29, 0.717) is 13.2 Å². The Kier molecular flexibility index (Phi) is 2.49. The Labute approximate surface area is 83.8 Å². The minimum Gasteiger partial charge on any atom is -0.464 e. The lowest BCUT2D eigenvalue weighted by Crippen LogP contribution is -2.63. The molecule has 1 N–H and O–H groups in total. The molecular weight excluding hydrogens is 182 g/mol. The Morgan fingerprint density at radius 3 is 2.64 bits per heavy atom. The maximum Gasteiger partial charge on any atom is 0.339 e.